The van der Waals surface area contributed by atoms with Crippen LogP contribution in [-0.4, -0.2) is 35.6 Å². The number of hydrogen-bond acceptors (Lipinski definition) is 6. The third kappa shape index (κ3) is 5.48. The molecule has 0 amide bonds. The number of rotatable bonds is 5. The van der Waals surface area contributed by atoms with E-state index in [9.17, 15) is 19.2 Å². The second-order valence-electron chi connectivity index (χ2n) is 3.39. The van der Waals surface area contributed by atoms with Gasteiger partial charge in [0.05, 0.1) is 13.7 Å². The van der Waals surface area contributed by atoms with Crippen LogP contribution in [0.4, 0.5) is 0 Å². The fourth-order valence-electron chi connectivity index (χ4n) is 1.17. The number of methoxy groups -OCH3 is 1. The van der Waals surface area contributed by atoms with Crippen molar-refractivity contribution in [1.82, 2.24) is 9.97 Å². The minimum absolute atomic E-state index is 0.0380. The van der Waals surface area contributed by atoms with E-state index in [-0.39, 0.29) is 13.0 Å². The molecule has 1 heterocycles. The van der Waals surface area contributed by atoms with Crippen LogP contribution < -0.4 is 11.2 Å². The van der Waals surface area contributed by atoms with Gasteiger partial charge in [-0.15, -0.1) is 0 Å². The maximum Gasteiger partial charge on any atom is 0.331 e. The summed E-state index contributed by atoms with van der Waals surface area (Å²) < 4.78 is 9.04. The number of ether oxygens (including phenoxy) is 2. The molecule has 0 bridgehead atoms. The Bertz CT molecular complexity index is 569. The van der Waals surface area contributed by atoms with Gasteiger partial charge in [-0.05, 0) is 0 Å². The summed E-state index contributed by atoms with van der Waals surface area (Å²) in [5, 5.41) is 0. The van der Waals surface area contributed by atoms with Gasteiger partial charge >= 0.3 is 17.6 Å². The molecule has 0 aliphatic heterocycles. The summed E-state index contributed by atoms with van der Waals surface area (Å²) in [5.74, 6) is -1.39. The van der Waals surface area contributed by atoms with E-state index in [1.54, 1.807) is 0 Å². The average Bonchev–Trinajstić information content (AvgIpc) is 2.34. The smallest absolute Gasteiger partial charge is 0.331 e. The number of H-pyrrole nitrogens is 2. The van der Waals surface area contributed by atoms with Crippen molar-refractivity contribution in [3.63, 3.8) is 0 Å². The first kappa shape index (κ1) is 14.4. The number of carbonyl (C=O) groups is 2. The summed E-state index contributed by atoms with van der Waals surface area (Å²) in [5.41, 5.74) is -0.812. The summed E-state index contributed by atoms with van der Waals surface area (Å²) in [6.07, 6.45) is 2.03. The van der Waals surface area contributed by atoms with Gasteiger partial charge < -0.3 is 14.5 Å². The van der Waals surface area contributed by atoms with Crippen molar-refractivity contribution in [1.29, 1.82) is 0 Å². The molecule has 0 aliphatic rings. The molecule has 1 rings (SSSR count). The third-order valence-electron chi connectivity index (χ3n) is 1.99. The number of hydrogen-bond donors (Lipinski definition) is 2. The highest BCUT2D eigenvalue weighted by atomic mass is 16.5. The fraction of sp³-hybridized carbons (Fsp3) is 0.273. The van der Waals surface area contributed by atoms with Gasteiger partial charge in [0.25, 0.3) is 5.56 Å². The topological polar surface area (TPSA) is 118 Å². The molecule has 0 saturated heterocycles. The van der Waals surface area contributed by atoms with Gasteiger partial charge in [0, 0.05) is 30.3 Å². The Morgan fingerprint density at radius 2 is 1.89 bits per heavy atom. The maximum atomic E-state index is 11.1. The molecule has 2 N–H and O–H groups in total. The van der Waals surface area contributed by atoms with Crippen LogP contribution in [0, 0.1) is 0 Å². The van der Waals surface area contributed by atoms with Gasteiger partial charge in [-0.1, -0.05) is 0 Å². The Kier molecular flexibility index (Phi) is 5.27. The Labute approximate surface area is 107 Å². The Hall–Kier alpha value is -2.64. The minimum Gasteiger partial charge on any atom is -0.466 e. The predicted molar refractivity (Wildman–Crippen MR) is 63.5 cm³/mol. The van der Waals surface area contributed by atoms with Crippen LogP contribution in [0.25, 0.3) is 0 Å². The van der Waals surface area contributed by atoms with Crippen LogP contribution in [0.5, 0.6) is 0 Å². The number of carbonyl (C=O) groups excluding carboxylic acids is 2. The first-order valence-electron chi connectivity index (χ1n) is 5.26. The van der Waals surface area contributed by atoms with Crippen molar-refractivity contribution in [2.45, 2.75) is 6.42 Å². The van der Waals surface area contributed by atoms with Gasteiger partial charge in [-0.3, -0.25) is 9.78 Å². The highest BCUT2D eigenvalue weighted by Crippen LogP contribution is 1.91. The molecule has 0 aliphatic carbocycles. The monoisotopic (exact) mass is 268 g/mol. The molecule has 8 heteroatoms. The van der Waals surface area contributed by atoms with Crippen LogP contribution in [-0.2, 0) is 25.5 Å². The lowest BCUT2D eigenvalue weighted by atomic mass is 10.3. The number of nitrogens with one attached hydrogen (secondary N) is 2. The van der Waals surface area contributed by atoms with Gasteiger partial charge in [-0.25, -0.2) is 14.4 Å². The Balaban J connectivity index is 2.44. The largest absolute Gasteiger partial charge is 0.466 e. The molecule has 0 atom stereocenters. The predicted octanol–water partition coefficient (Wildman–Crippen LogP) is -1.12. The van der Waals surface area contributed by atoms with Crippen molar-refractivity contribution in [3.05, 3.63) is 44.8 Å². The molecule has 0 spiro atoms. The van der Waals surface area contributed by atoms with Gasteiger partial charge in [0.1, 0.15) is 0 Å². The molecule has 8 nitrogen and oxygen atoms in total. The molecule has 1 aromatic rings. The fourth-order valence-corrected chi connectivity index (χ4v) is 1.17. The normalized spacial score (nSPS) is 10.4. The summed E-state index contributed by atoms with van der Waals surface area (Å²) in [4.78, 5) is 48.1. The summed E-state index contributed by atoms with van der Waals surface area (Å²) in [6, 6.07) is 1.19. The van der Waals surface area contributed by atoms with Crippen molar-refractivity contribution < 1.29 is 19.1 Å². The number of aromatic nitrogens is 2. The standard InChI is InChI=1S/C11H12N2O6/c1-18-9(15)2-3-10(16)19-5-4-7-6-8(14)13-11(17)12-7/h2-3,6H,4-5H2,1H3,(H2,12,13,14,17)/b3-2+. The van der Waals surface area contributed by atoms with Crippen molar-refractivity contribution in [2.75, 3.05) is 13.7 Å². The minimum atomic E-state index is -0.724. The molecule has 0 fully saturated rings. The molecule has 0 aromatic carbocycles. The summed E-state index contributed by atoms with van der Waals surface area (Å²) in [7, 11) is 1.18. The lowest BCUT2D eigenvalue weighted by Crippen LogP contribution is -2.23. The summed E-state index contributed by atoms with van der Waals surface area (Å²) in [6.45, 7) is -0.0380. The molecule has 102 valence electrons. The van der Waals surface area contributed by atoms with Crippen LogP contribution in [0.1, 0.15) is 5.69 Å². The zero-order valence-corrected chi connectivity index (χ0v) is 10.1. The van der Waals surface area contributed by atoms with E-state index < -0.39 is 23.2 Å². The number of aromatic amines is 2. The van der Waals surface area contributed by atoms with E-state index in [1.807, 2.05) is 4.98 Å². The molecular weight excluding hydrogens is 256 g/mol. The molecule has 1 aromatic heterocycles. The lowest BCUT2D eigenvalue weighted by molar-refractivity contribution is -0.139. The average molecular weight is 268 g/mol. The van der Waals surface area contributed by atoms with E-state index >= 15 is 0 Å². The van der Waals surface area contributed by atoms with Crippen molar-refractivity contribution >= 4 is 11.9 Å². The Morgan fingerprint density at radius 3 is 2.53 bits per heavy atom. The van der Waals surface area contributed by atoms with Crippen LogP contribution in [0.3, 0.4) is 0 Å². The molecule has 0 radical (unpaired) electrons. The van der Waals surface area contributed by atoms with E-state index in [4.69, 9.17) is 4.74 Å². The van der Waals surface area contributed by atoms with E-state index in [0.717, 1.165) is 12.2 Å². The van der Waals surface area contributed by atoms with E-state index in [0.29, 0.717) is 5.69 Å². The molecule has 19 heavy (non-hydrogen) atoms. The highest BCUT2D eigenvalue weighted by molar-refractivity contribution is 5.91. The highest BCUT2D eigenvalue weighted by Gasteiger charge is 2.01. The SMILES string of the molecule is COC(=O)/C=C/C(=O)OCCc1cc(=O)[nH]c(=O)[nH]1. The van der Waals surface area contributed by atoms with Crippen molar-refractivity contribution in [3.8, 4) is 0 Å². The summed E-state index contributed by atoms with van der Waals surface area (Å²) >= 11 is 0. The first-order valence-corrected chi connectivity index (χ1v) is 5.26. The van der Waals surface area contributed by atoms with Gasteiger partial charge in [0.15, 0.2) is 0 Å². The zero-order valence-electron chi connectivity index (χ0n) is 10.1. The zero-order chi connectivity index (χ0) is 14.3. The van der Waals surface area contributed by atoms with Crippen molar-refractivity contribution in [2.24, 2.45) is 0 Å². The van der Waals surface area contributed by atoms with E-state index in [2.05, 4.69) is 9.72 Å². The quantitative estimate of drug-likeness (QED) is 0.515. The first-order chi connectivity index (χ1) is 9.01. The van der Waals surface area contributed by atoms with E-state index in [1.165, 1.54) is 13.2 Å². The van der Waals surface area contributed by atoms with Gasteiger partial charge in [0.2, 0.25) is 0 Å². The third-order valence-corrected chi connectivity index (χ3v) is 1.99. The molecule has 0 unspecified atom stereocenters. The second kappa shape index (κ2) is 6.94. The molecule has 0 saturated carbocycles. The Morgan fingerprint density at radius 1 is 1.21 bits per heavy atom. The second-order valence-corrected chi connectivity index (χ2v) is 3.39. The van der Waals surface area contributed by atoms with Crippen LogP contribution in [0.2, 0.25) is 0 Å². The van der Waals surface area contributed by atoms with Gasteiger partial charge in [-0.2, -0.15) is 0 Å². The molecular formula is C11H12N2O6. The lowest BCUT2D eigenvalue weighted by Gasteiger charge is -2.01. The maximum absolute atomic E-state index is 11.1. The number of esters is 2. The van der Waals surface area contributed by atoms with Crippen LogP contribution >= 0.6 is 0 Å². The van der Waals surface area contributed by atoms with Crippen LogP contribution in [0.15, 0.2) is 27.8 Å².